The minimum atomic E-state index is -0.438. The van der Waals surface area contributed by atoms with Gasteiger partial charge in [-0.05, 0) is 36.8 Å². The summed E-state index contributed by atoms with van der Waals surface area (Å²) in [4.78, 5) is 31.2. The van der Waals surface area contributed by atoms with Crippen molar-refractivity contribution < 1.29 is 13.9 Å². The van der Waals surface area contributed by atoms with Crippen LogP contribution in [0.3, 0.4) is 0 Å². The summed E-state index contributed by atoms with van der Waals surface area (Å²) in [5.41, 5.74) is 2.71. The molecule has 4 rings (SSSR count). The zero-order chi connectivity index (χ0) is 19.0. The lowest BCUT2D eigenvalue weighted by molar-refractivity contribution is -0.144. The Morgan fingerprint density at radius 2 is 2.04 bits per heavy atom. The molecule has 0 aliphatic rings. The summed E-state index contributed by atoms with van der Waals surface area (Å²) in [6.07, 6.45) is 1.63. The van der Waals surface area contributed by atoms with Crippen molar-refractivity contribution in [3.63, 3.8) is 0 Å². The number of carbonyl (C=O) groups is 1. The van der Waals surface area contributed by atoms with Crippen LogP contribution in [0.1, 0.15) is 17.0 Å². The zero-order valence-corrected chi connectivity index (χ0v) is 15.2. The molecule has 0 amide bonds. The van der Waals surface area contributed by atoms with E-state index in [1.165, 1.54) is 0 Å². The number of nitrogens with zero attached hydrogens (tertiary/aromatic N) is 1. The van der Waals surface area contributed by atoms with E-state index in [0.717, 1.165) is 22.1 Å². The summed E-state index contributed by atoms with van der Waals surface area (Å²) in [6, 6.07) is 10.6. The monoisotopic (exact) mass is 382 g/mol. The van der Waals surface area contributed by atoms with Gasteiger partial charge in [0.25, 0.3) is 5.56 Å². The number of H-pyrrole nitrogens is 1. The first-order chi connectivity index (χ1) is 13.0. The molecule has 0 spiro atoms. The Labute approximate surface area is 158 Å². The maximum absolute atomic E-state index is 12.2. The number of carbonyl (C=O) groups excluding carboxylic acids is 1. The van der Waals surface area contributed by atoms with Gasteiger partial charge in [0.05, 0.1) is 23.6 Å². The molecule has 0 aliphatic heterocycles. The fraction of sp³-hybridized carbons (Fsp3) is 0.150. The van der Waals surface area contributed by atoms with Crippen molar-refractivity contribution in [1.82, 2.24) is 9.97 Å². The van der Waals surface area contributed by atoms with Gasteiger partial charge in [-0.1, -0.05) is 23.7 Å². The molecule has 4 aromatic rings. The van der Waals surface area contributed by atoms with E-state index in [-0.39, 0.29) is 24.4 Å². The van der Waals surface area contributed by atoms with E-state index in [1.807, 2.05) is 25.1 Å². The number of halogens is 1. The largest absolute Gasteiger partial charge is 0.464 e. The van der Waals surface area contributed by atoms with Crippen molar-refractivity contribution in [3.05, 3.63) is 75.0 Å². The molecule has 2 aromatic heterocycles. The summed E-state index contributed by atoms with van der Waals surface area (Å²) < 4.78 is 10.8. The number of rotatable bonds is 4. The second kappa shape index (κ2) is 6.89. The quantitative estimate of drug-likeness (QED) is 0.541. The number of aromatic nitrogens is 2. The van der Waals surface area contributed by atoms with Gasteiger partial charge >= 0.3 is 5.97 Å². The van der Waals surface area contributed by atoms with Crippen LogP contribution in [0.15, 0.2) is 51.9 Å². The number of aromatic amines is 1. The number of nitrogens with one attached hydrogen (secondary N) is 1. The molecule has 0 saturated heterocycles. The van der Waals surface area contributed by atoms with Gasteiger partial charge in [0.1, 0.15) is 18.0 Å². The van der Waals surface area contributed by atoms with Gasteiger partial charge in [0.2, 0.25) is 0 Å². The van der Waals surface area contributed by atoms with Crippen LogP contribution in [0.4, 0.5) is 0 Å². The van der Waals surface area contributed by atoms with Crippen LogP contribution < -0.4 is 5.56 Å². The van der Waals surface area contributed by atoms with Gasteiger partial charge in [-0.25, -0.2) is 4.98 Å². The summed E-state index contributed by atoms with van der Waals surface area (Å²) in [7, 11) is 0. The normalized spacial score (nSPS) is 11.2. The van der Waals surface area contributed by atoms with Crippen LogP contribution >= 0.6 is 11.6 Å². The number of ether oxygens (including phenoxy) is 1. The molecule has 0 radical (unpaired) electrons. The van der Waals surface area contributed by atoms with Gasteiger partial charge < -0.3 is 14.1 Å². The van der Waals surface area contributed by atoms with E-state index < -0.39 is 5.97 Å². The number of benzene rings is 2. The van der Waals surface area contributed by atoms with Crippen molar-refractivity contribution in [1.29, 1.82) is 0 Å². The molecule has 0 fully saturated rings. The number of fused-ring (bicyclic) bond motifs is 2. The van der Waals surface area contributed by atoms with Crippen molar-refractivity contribution in [2.24, 2.45) is 0 Å². The number of hydrogen-bond acceptors (Lipinski definition) is 5. The van der Waals surface area contributed by atoms with E-state index in [9.17, 15) is 9.59 Å². The molecular weight excluding hydrogens is 368 g/mol. The van der Waals surface area contributed by atoms with Crippen molar-refractivity contribution in [2.45, 2.75) is 20.0 Å². The second-order valence-corrected chi connectivity index (χ2v) is 6.71. The van der Waals surface area contributed by atoms with Crippen LogP contribution in [0, 0.1) is 6.92 Å². The zero-order valence-electron chi connectivity index (χ0n) is 14.4. The molecule has 0 saturated carbocycles. The topological polar surface area (TPSA) is 85.2 Å². The second-order valence-electron chi connectivity index (χ2n) is 6.27. The lowest BCUT2D eigenvalue weighted by atomic mass is 10.1. The fourth-order valence-corrected chi connectivity index (χ4v) is 3.08. The minimum absolute atomic E-state index is 0.0691. The highest BCUT2D eigenvalue weighted by Crippen LogP contribution is 2.23. The standard InChI is InChI=1S/C20H15ClN2O4/c1-11-2-4-14-12(9-26-17(14)6-11)7-19(24)27-10-18-22-16-8-13(21)3-5-15(16)20(25)23-18/h2-6,8-9H,7,10H2,1H3,(H,22,23,25). The molecule has 136 valence electrons. The maximum atomic E-state index is 12.2. The Kier molecular flexibility index (Phi) is 4.41. The third kappa shape index (κ3) is 3.57. The minimum Gasteiger partial charge on any atom is -0.464 e. The third-order valence-electron chi connectivity index (χ3n) is 4.23. The Morgan fingerprint density at radius 1 is 1.22 bits per heavy atom. The number of hydrogen-bond donors (Lipinski definition) is 1. The Bertz CT molecular complexity index is 1230. The molecular formula is C20H15ClN2O4. The molecule has 1 N–H and O–H groups in total. The summed E-state index contributed by atoms with van der Waals surface area (Å²) in [5.74, 6) is -0.178. The van der Waals surface area contributed by atoms with E-state index >= 15 is 0 Å². The van der Waals surface area contributed by atoms with E-state index in [4.69, 9.17) is 20.8 Å². The Hall–Kier alpha value is -3.12. The summed E-state index contributed by atoms with van der Waals surface area (Å²) >= 11 is 5.94. The molecule has 2 heterocycles. The van der Waals surface area contributed by atoms with Crippen LogP contribution in [-0.2, 0) is 22.6 Å². The Morgan fingerprint density at radius 3 is 2.89 bits per heavy atom. The van der Waals surface area contributed by atoms with E-state index in [2.05, 4.69) is 9.97 Å². The van der Waals surface area contributed by atoms with Crippen LogP contribution in [0.25, 0.3) is 21.9 Å². The van der Waals surface area contributed by atoms with Gasteiger partial charge in [-0.2, -0.15) is 0 Å². The highest BCUT2D eigenvalue weighted by molar-refractivity contribution is 6.31. The van der Waals surface area contributed by atoms with Crippen molar-refractivity contribution in [3.8, 4) is 0 Å². The van der Waals surface area contributed by atoms with Crippen LogP contribution in [-0.4, -0.2) is 15.9 Å². The molecule has 0 atom stereocenters. The lowest BCUT2D eigenvalue weighted by Gasteiger charge is -2.05. The lowest BCUT2D eigenvalue weighted by Crippen LogP contribution is -2.15. The first-order valence-corrected chi connectivity index (χ1v) is 8.68. The highest BCUT2D eigenvalue weighted by Gasteiger charge is 2.13. The molecule has 0 unspecified atom stereocenters. The highest BCUT2D eigenvalue weighted by atomic mass is 35.5. The Balaban J connectivity index is 1.49. The summed E-state index contributed by atoms with van der Waals surface area (Å²) in [5, 5.41) is 1.78. The predicted molar refractivity (Wildman–Crippen MR) is 102 cm³/mol. The number of esters is 1. The fourth-order valence-electron chi connectivity index (χ4n) is 2.91. The van der Waals surface area contributed by atoms with Gasteiger partial charge in [-0.15, -0.1) is 0 Å². The molecule has 7 heteroatoms. The van der Waals surface area contributed by atoms with Gasteiger partial charge in [0.15, 0.2) is 0 Å². The average Bonchev–Trinajstić information content (AvgIpc) is 3.01. The first-order valence-electron chi connectivity index (χ1n) is 8.30. The number of aryl methyl sites for hydroxylation is 1. The summed E-state index contributed by atoms with van der Waals surface area (Å²) in [6.45, 7) is 1.84. The SMILES string of the molecule is Cc1ccc2c(CC(=O)OCc3nc4cc(Cl)ccc4c(=O)[nH]3)coc2c1. The van der Waals surface area contributed by atoms with Crippen LogP contribution in [0.5, 0.6) is 0 Å². The smallest absolute Gasteiger partial charge is 0.310 e. The average molecular weight is 383 g/mol. The number of furan rings is 1. The molecule has 0 bridgehead atoms. The van der Waals surface area contributed by atoms with Crippen LogP contribution in [0.2, 0.25) is 5.02 Å². The van der Waals surface area contributed by atoms with E-state index in [0.29, 0.717) is 15.9 Å². The van der Waals surface area contributed by atoms with E-state index in [1.54, 1.807) is 24.5 Å². The van der Waals surface area contributed by atoms with Gasteiger partial charge in [-0.3, -0.25) is 9.59 Å². The maximum Gasteiger partial charge on any atom is 0.310 e. The first kappa shape index (κ1) is 17.3. The molecule has 27 heavy (non-hydrogen) atoms. The molecule has 0 aliphatic carbocycles. The molecule has 6 nitrogen and oxygen atoms in total. The third-order valence-corrected chi connectivity index (χ3v) is 4.47. The van der Waals surface area contributed by atoms with Crippen molar-refractivity contribution >= 4 is 39.4 Å². The van der Waals surface area contributed by atoms with Crippen molar-refractivity contribution in [2.75, 3.05) is 0 Å². The molecule has 2 aromatic carbocycles. The predicted octanol–water partition coefficient (Wildman–Crippen LogP) is 3.92. The van der Waals surface area contributed by atoms with Gasteiger partial charge in [0, 0.05) is 16.0 Å².